The Morgan fingerprint density at radius 3 is 2.79 bits per heavy atom. The Morgan fingerprint density at radius 1 is 1.53 bits per heavy atom. The Bertz CT molecular complexity index is 450. The SMILES string of the molecule is CCCNC(COc1ccccc1[N+](=O)[O-])C(=O)O. The number of para-hydroxylation sites is 2. The Labute approximate surface area is 110 Å². The highest BCUT2D eigenvalue weighted by Gasteiger charge is 2.20. The minimum atomic E-state index is -1.05. The molecular formula is C12H16N2O5. The van der Waals surface area contributed by atoms with Crippen molar-refractivity contribution in [1.29, 1.82) is 0 Å². The number of carboxylic acid groups (broad SMARTS) is 1. The van der Waals surface area contributed by atoms with Gasteiger partial charge in [0.2, 0.25) is 0 Å². The van der Waals surface area contributed by atoms with Gasteiger partial charge in [-0.2, -0.15) is 0 Å². The van der Waals surface area contributed by atoms with Crippen molar-refractivity contribution < 1.29 is 19.6 Å². The molecular weight excluding hydrogens is 252 g/mol. The number of hydrogen-bond donors (Lipinski definition) is 2. The lowest BCUT2D eigenvalue weighted by Gasteiger charge is -2.14. The summed E-state index contributed by atoms with van der Waals surface area (Å²) in [5.74, 6) is -0.982. The number of nitrogens with one attached hydrogen (secondary N) is 1. The fourth-order valence-corrected chi connectivity index (χ4v) is 1.44. The van der Waals surface area contributed by atoms with Gasteiger partial charge < -0.3 is 15.2 Å². The summed E-state index contributed by atoms with van der Waals surface area (Å²) < 4.78 is 5.23. The summed E-state index contributed by atoms with van der Waals surface area (Å²) in [6.45, 7) is 2.28. The van der Waals surface area contributed by atoms with Crippen LogP contribution in [0.15, 0.2) is 24.3 Å². The average molecular weight is 268 g/mol. The number of benzene rings is 1. The van der Waals surface area contributed by atoms with E-state index in [0.717, 1.165) is 6.42 Å². The Morgan fingerprint density at radius 2 is 2.21 bits per heavy atom. The number of nitrogens with zero attached hydrogens (tertiary/aromatic N) is 1. The van der Waals surface area contributed by atoms with Crippen LogP contribution in [0.4, 0.5) is 5.69 Å². The van der Waals surface area contributed by atoms with Gasteiger partial charge in [-0.15, -0.1) is 0 Å². The third-order valence-electron chi connectivity index (χ3n) is 2.41. The highest BCUT2D eigenvalue weighted by molar-refractivity contribution is 5.73. The lowest BCUT2D eigenvalue weighted by Crippen LogP contribution is -2.41. The van der Waals surface area contributed by atoms with Gasteiger partial charge in [0.25, 0.3) is 0 Å². The molecule has 7 nitrogen and oxygen atoms in total. The predicted octanol–water partition coefficient (Wildman–Crippen LogP) is 1.43. The summed E-state index contributed by atoms with van der Waals surface area (Å²) in [4.78, 5) is 21.2. The molecule has 1 aromatic carbocycles. The first-order valence-electron chi connectivity index (χ1n) is 5.88. The van der Waals surface area contributed by atoms with E-state index in [1.54, 1.807) is 6.07 Å². The van der Waals surface area contributed by atoms with E-state index >= 15 is 0 Å². The predicted molar refractivity (Wildman–Crippen MR) is 68.3 cm³/mol. The maximum atomic E-state index is 11.0. The van der Waals surface area contributed by atoms with Crippen LogP contribution < -0.4 is 10.1 Å². The monoisotopic (exact) mass is 268 g/mol. The van der Waals surface area contributed by atoms with Crippen LogP contribution in [-0.4, -0.2) is 35.2 Å². The molecule has 0 spiro atoms. The third kappa shape index (κ3) is 4.55. The van der Waals surface area contributed by atoms with Crippen LogP contribution in [0.25, 0.3) is 0 Å². The maximum Gasteiger partial charge on any atom is 0.324 e. The van der Waals surface area contributed by atoms with Crippen molar-refractivity contribution >= 4 is 11.7 Å². The maximum absolute atomic E-state index is 11.0. The molecule has 0 aromatic heterocycles. The average Bonchev–Trinajstić information content (AvgIpc) is 2.38. The molecule has 0 saturated carbocycles. The van der Waals surface area contributed by atoms with E-state index in [2.05, 4.69) is 5.32 Å². The highest BCUT2D eigenvalue weighted by atomic mass is 16.6. The van der Waals surface area contributed by atoms with E-state index in [-0.39, 0.29) is 18.0 Å². The normalized spacial score (nSPS) is 11.8. The van der Waals surface area contributed by atoms with E-state index in [4.69, 9.17) is 9.84 Å². The minimum Gasteiger partial charge on any atom is -0.485 e. The van der Waals surface area contributed by atoms with E-state index < -0.39 is 16.9 Å². The van der Waals surface area contributed by atoms with E-state index in [1.165, 1.54) is 18.2 Å². The molecule has 0 aliphatic rings. The van der Waals surface area contributed by atoms with Crippen LogP contribution in [0.2, 0.25) is 0 Å². The lowest BCUT2D eigenvalue weighted by atomic mass is 10.3. The second kappa shape index (κ2) is 7.32. The van der Waals surface area contributed by atoms with Gasteiger partial charge in [0.1, 0.15) is 12.6 Å². The van der Waals surface area contributed by atoms with Gasteiger partial charge in [0, 0.05) is 6.07 Å². The highest BCUT2D eigenvalue weighted by Crippen LogP contribution is 2.25. The van der Waals surface area contributed by atoms with Gasteiger partial charge in [-0.3, -0.25) is 14.9 Å². The van der Waals surface area contributed by atoms with Crippen LogP contribution in [0.3, 0.4) is 0 Å². The summed E-state index contributed by atoms with van der Waals surface area (Å²) in [7, 11) is 0. The molecule has 1 unspecified atom stereocenters. The summed E-state index contributed by atoms with van der Waals surface area (Å²) in [5.41, 5.74) is -0.179. The standard InChI is InChI=1S/C12H16N2O5/c1-2-7-13-9(12(15)16)8-19-11-6-4-3-5-10(11)14(17)18/h3-6,9,13H,2,7-8H2,1H3,(H,15,16). The van der Waals surface area contributed by atoms with Crippen molar-refractivity contribution in [2.24, 2.45) is 0 Å². The number of hydrogen-bond acceptors (Lipinski definition) is 5. The molecule has 19 heavy (non-hydrogen) atoms. The van der Waals surface area contributed by atoms with Crippen molar-refractivity contribution in [2.45, 2.75) is 19.4 Å². The smallest absolute Gasteiger partial charge is 0.324 e. The van der Waals surface area contributed by atoms with Crippen molar-refractivity contribution in [2.75, 3.05) is 13.2 Å². The zero-order chi connectivity index (χ0) is 14.3. The van der Waals surface area contributed by atoms with Crippen LogP contribution >= 0.6 is 0 Å². The van der Waals surface area contributed by atoms with Gasteiger partial charge in [0.05, 0.1) is 4.92 Å². The fourth-order valence-electron chi connectivity index (χ4n) is 1.44. The number of ether oxygens (including phenoxy) is 1. The van der Waals surface area contributed by atoms with Crippen LogP contribution in [-0.2, 0) is 4.79 Å². The first kappa shape index (κ1) is 14.9. The van der Waals surface area contributed by atoms with E-state index in [0.29, 0.717) is 6.54 Å². The van der Waals surface area contributed by atoms with Crippen molar-refractivity contribution in [3.05, 3.63) is 34.4 Å². The summed E-state index contributed by atoms with van der Waals surface area (Å²) in [6, 6.07) is 4.98. The molecule has 0 heterocycles. The second-order valence-electron chi connectivity index (χ2n) is 3.88. The van der Waals surface area contributed by atoms with Gasteiger partial charge in [-0.25, -0.2) is 0 Å². The topological polar surface area (TPSA) is 102 Å². The van der Waals surface area contributed by atoms with Gasteiger partial charge in [-0.05, 0) is 19.0 Å². The van der Waals surface area contributed by atoms with Crippen molar-refractivity contribution in [3.8, 4) is 5.75 Å². The number of carbonyl (C=O) groups is 1. The molecule has 0 fully saturated rings. The Balaban J connectivity index is 2.68. The molecule has 2 N–H and O–H groups in total. The van der Waals surface area contributed by atoms with Gasteiger partial charge >= 0.3 is 11.7 Å². The minimum absolute atomic E-state index is 0.0667. The fraction of sp³-hybridized carbons (Fsp3) is 0.417. The largest absolute Gasteiger partial charge is 0.485 e. The Kier molecular flexibility index (Phi) is 5.74. The summed E-state index contributed by atoms with van der Waals surface area (Å²) in [6.07, 6.45) is 0.787. The first-order chi connectivity index (χ1) is 9.06. The zero-order valence-electron chi connectivity index (χ0n) is 10.5. The molecule has 0 radical (unpaired) electrons. The number of rotatable bonds is 8. The second-order valence-corrected chi connectivity index (χ2v) is 3.88. The van der Waals surface area contributed by atoms with Gasteiger partial charge in [-0.1, -0.05) is 19.1 Å². The van der Waals surface area contributed by atoms with Gasteiger partial charge in [0.15, 0.2) is 5.75 Å². The van der Waals surface area contributed by atoms with Crippen molar-refractivity contribution in [3.63, 3.8) is 0 Å². The number of nitro groups is 1. The molecule has 1 aromatic rings. The molecule has 0 aliphatic heterocycles. The lowest BCUT2D eigenvalue weighted by molar-refractivity contribution is -0.385. The van der Waals surface area contributed by atoms with E-state index in [9.17, 15) is 14.9 Å². The van der Waals surface area contributed by atoms with Crippen LogP contribution in [0, 0.1) is 10.1 Å². The number of aliphatic carboxylic acids is 1. The molecule has 7 heteroatoms. The van der Waals surface area contributed by atoms with Crippen molar-refractivity contribution in [1.82, 2.24) is 5.32 Å². The number of carboxylic acids is 1. The zero-order valence-corrected chi connectivity index (χ0v) is 10.5. The molecule has 0 aliphatic carbocycles. The van der Waals surface area contributed by atoms with Crippen LogP contribution in [0.1, 0.15) is 13.3 Å². The van der Waals surface area contributed by atoms with Crippen LogP contribution in [0.5, 0.6) is 5.75 Å². The molecule has 1 atom stereocenters. The third-order valence-corrected chi connectivity index (χ3v) is 2.41. The summed E-state index contributed by atoms with van der Waals surface area (Å²) >= 11 is 0. The molecule has 0 saturated heterocycles. The first-order valence-corrected chi connectivity index (χ1v) is 5.88. The quantitative estimate of drug-likeness (QED) is 0.546. The van der Waals surface area contributed by atoms with E-state index in [1.807, 2.05) is 6.92 Å². The molecule has 0 bridgehead atoms. The molecule has 104 valence electrons. The Hall–Kier alpha value is -2.15. The molecule has 0 amide bonds. The summed E-state index contributed by atoms with van der Waals surface area (Å²) in [5, 5.41) is 22.5. The number of nitro benzene ring substituents is 1. The molecule has 1 rings (SSSR count).